The molecule has 1 aliphatic heterocycles. The first-order chi connectivity index (χ1) is 14.3. The minimum Gasteiger partial charge on any atom is -0.354 e. The molecular weight excluding hydrogens is 364 g/mol. The summed E-state index contributed by atoms with van der Waals surface area (Å²) in [5.41, 5.74) is 4.52. The summed E-state index contributed by atoms with van der Waals surface area (Å²) in [7, 11) is 0. The number of H-pyrrole nitrogens is 1. The summed E-state index contributed by atoms with van der Waals surface area (Å²) < 4.78 is 1.95. The first-order valence-corrected chi connectivity index (χ1v) is 10.1. The molecular formula is C21H24N8. The average Bonchev–Trinajstić information content (AvgIpc) is 3.41. The molecule has 0 unspecified atom stereocenters. The van der Waals surface area contributed by atoms with Gasteiger partial charge < -0.3 is 10.2 Å². The van der Waals surface area contributed by atoms with Crippen LogP contribution in [0.2, 0.25) is 0 Å². The Morgan fingerprint density at radius 3 is 2.86 bits per heavy atom. The van der Waals surface area contributed by atoms with Crippen molar-refractivity contribution in [2.24, 2.45) is 0 Å². The van der Waals surface area contributed by atoms with Crippen LogP contribution in [0.4, 0.5) is 5.82 Å². The Balaban J connectivity index is 1.52. The quantitative estimate of drug-likeness (QED) is 0.547. The second-order valence-corrected chi connectivity index (χ2v) is 7.30. The van der Waals surface area contributed by atoms with Gasteiger partial charge in [-0.1, -0.05) is 13.0 Å². The predicted molar refractivity (Wildman–Crippen MR) is 114 cm³/mol. The highest BCUT2D eigenvalue weighted by atomic mass is 15.3. The molecule has 1 saturated heterocycles. The number of aromatic nitrogens is 6. The fourth-order valence-corrected chi connectivity index (χ4v) is 3.74. The number of nitrogens with zero attached hydrogens (tertiary/aromatic N) is 6. The van der Waals surface area contributed by atoms with Crippen molar-refractivity contribution in [1.29, 1.82) is 0 Å². The molecule has 0 spiro atoms. The third-order valence-electron chi connectivity index (χ3n) is 5.25. The average molecular weight is 388 g/mol. The Hall–Kier alpha value is -3.26. The van der Waals surface area contributed by atoms with Gasteiger partial charge in [0.15, 0.2) is 0 Å². The number of aromatic amines is 1. The minimum absolute atomic E-state index is 0.849. The maximum Gasteiger partial charge on any atom is 0.129 e. The fraction of sp³-hybridized carbons (Fsp3) is 0.333. The molecule has 148 valence electrons. The molecule has 2 N–H and O–H groups in total. The fourth-order valence-electron chi connectivity index (χ4n) is 3.74. The number of fused-ring (bicyclic) bond motifs is 1. The minimum atomic E-state index is 0.849. The Morgan fingerprint density at radius 2 is 2.00 bits per heavy atom. The highest BCUT2D eigenvalue weighted by Gasteiger charge is 2.16. The van der Waals surface area contributed by atoms with Gasteiger partial charge in [0.2, 0.25) is 0 Å². The second-order valence-electron chi connectivity index (χ2n) is 7.30. The van der Waals surface area contributed by atoms with Crippen LogP contribution in [-0.2, 0) is 6.54 Å². The van der Waals surface area contributed by atoms with Crippen molar-refractivity contribution in [2.75, 3.05) is 31.1 Å². The number of aryl methyl sites for hydroxylation is 1. The lowest BCUT2D eigenvalue weighted by atomic mass is 10.1. The smallest absolute Gasteiger partial charge is 0.129 e. The van der Waals surface area contributed by atoms with E-state index in [2.05, 4.69) is 55.6 Å². The summed E-state index contributed by atoms with van der Waals surface area (Å²) in [4.78, 5) is 11.8. The molecule has 4 aromatic rings. The summed E-state index contributed by atoms with van der Waals surface area (Å²) in [5, 5.41) is 16.5. The first kappa shape index (κ1) is 17.8. The predicted octanol–water partition coefficient (Wildman–Crippen LogP) is 2.70. The lowest BCUT2D eigenvalue weighted by Crippen LogP contribution is -2.43. The zero-order valence-corrected chi connectivity index (χ0v) is 16.5. The molecule has 29 heavy (non-hydrogen) atoms. The third-order valence-corrected chi connectivity index (χ3v) is 5.25. The van der Waals surface area contributed by atoms with Crippen molar-refractivity contribution < 1.29 is 0 Å². The monoisotopic (exact) mass is 388 g/mol. The number of piperazine rings is 1. The number of pyridine rings is 2. The van der Waals surface area contributed by atoms with Crippen LogP contribution in [0.5, 0.6) is 0 Å². The van der Waals surface area contributed by atoms with Crippen LogP contribution in [0.1, 0.15) is 13.3 Å². The van der Waals surface area contributed by atoms with E-state index in [9.17, 15) is 0 Å². The summed E-state index contributed by atoms with van der Waals surface area (Å²) in [6, 6.07) is 8.21. The molecule has 5 heterocycles. The van der Waals surface area contributed by atoms with Gasteiger partial charge in [0, 0.05) is 49.9 Å². The molecule has 0 atom stereocenters. The highest BCUT2D eigenvalue weighted by molar-refractivity contribution is 5.93. The molecule has 0 radical (unpaired) electrons. The lowest BCUT2D eigenvalue weighted by molar-refractivity contribution is 0.585. The summed E-state index contributed by atoms with van der Waals surface area (Å²) >= 11 is 0. The van der Waals surface area contributed by atoms with Crippen LogP contribution < -0.4 is 10.2 Å². The van der Waals surface area contributed by atoms with Gasteiger partial charge in [0.25, 0.3) is 0 Å². The topological polar surface area (TPSA) is 87.5 Å². The molecule has 0 amide bonds. The zero-order chi connectivity index (χ0) is 19.6. The van der Waals surface area contributed by atoms with E-state index in [0.29, 0.717) is 0 Å². The van der Waals surface area contributed by atoms with Crippen molar-refractivity contribution >= 4 is 16.7 Å². The van der Waals surface area contributed by atoms with Gasteiger partial charge in [-0.15, -0.1) is 0 Å². The molecule has 8 nitrogen and oxygen atoms in total. The largest absolute Gasteiger partial charge is 0.354 e. The molecule has 8 heteroatoms. The molecule has 5 rings (SSSR count). The number of hydrogen-bond acceptors (Lipinski definition) is 6. The number of hydrogen-bond donors (Lipinski definition) is 2. The van der Waals surface area contributed by atoms with Crippen LogP contribution in [0.15, 0.2) is 42.9 Å². The van der Waals surface area contributed by atoms with Crippen LogP contribution in [0.3, 0.4) is 0 Å². The normalized spacial score (nSPS) is 14.6. The van der Waals surface area contributed by atoms with Gasteiger partial charge in [0.05, 0.1) is 29.3 Å². The van der Waals surface area contributed by atoms with E-state index >= 15 is 0 Å². The van der Waals surface area contributed by atoms with E-state index in [0.717, 1.165) is 78.5 Å². The van der Waals surface area contributed by atoms with E-state index in [1.54, 1.807) is 0 Å². The standard InChI is InChI=1S/C21H24N8/c1-2-8-29-14-15(12-24-29)18-11-16-19(13-23-18)26-27-21(16)17-4-3-5-20(25-17)28-9-6-22-7-10-28/h3-5,11-14,22H,2,6-10H2,1H3,(H,26,27). The molecule has 0 aliphatic carbocycles. The third kappa shape index (κ3) is 3.47. The summed E-state index contributed by atoms with van der Waals surface area (Å²) in [5.74, 6) is 0.996. The maximum absolute atomic E-state index is 4.90. The van der Waals surface area contributed by atoms with Gasteiger partial charge in [-0.25, -0.2) is 4.98 Å². The maximum atomic E-state index is 4.90. The number of nitrogens with one attached hydrogen (secondary N) is 2. The van der Waals surface area contributed by atoms with Crippen molar-refractivity contribution in [3.63, 3.8) is 0 Å². The molecule has 4 aromatic heterocycles. The Kier molecular flexibility index (Phi) is 4.69. The van der Waals surface area contributed by atoms with E-state index in [4.69, 9.17) is 4.98 Å². The van der Waals surface area contributed by atoms with Crippen molar-refractivity contribution in [3.8, 4) is 22.6 Å². The molecule has 0 saturated carbocycles. The van der Waals surface area contributed by atoms with Crippen molar-refractivity contribution in [1.82, 2.24) is 35.3 Å². The summed E-state index contributed by atoms with van der Waals surface area (Å²) in [6.45, 7) is 6.95. The van der Waals surface area contributed by atoms with Gasteiger partial charge in [0.1, 0.15) is 11.5 Å². The molecule has 1 aliphatic rings. The summed E-state index contributed by atoms with van der Waals surface area (Å²) in [6.07, 6.45) is 6.79. The Labute approximate surface area is 169 Å². The SMILES string of the molecule is CCCn1cc(-c2cc3c(-c4cccc(N5CCNCC5)n4)n[nH]c3cn2)cn1. The number of anilines is 1. The lowest BCUT2D eigenvalue weighted by Gasteiger charge is -2.28. The van der Waals surface area contributed by atoms with Crippen molar-refractivity contribution in [3.05, 3.63) is 42.9 Å². The van der Waals surface area contributed by atoms with E-state index < -0.39 is 0 Å². The van der Waals surface area contributed by atoms with Crippen LogP contribution in [0.25, 0.3) is 33.5 Å². The zero-order valence-electron chi connectivity index (χ0n) is 16.5. The van der Waals surface area contributed by atoms with Gasteiger partial charge in [-0.2, -0.15) is 10.2 Å². The highest BCUT2D eigenvalue weighted by Crippen LogP contribution is 2.29. The molecule has 0 bridgehead atoms. The van der Waals surface area contributed by atoms with E-state index in [-0.39, 0.29) is 0 Å². The van der Waals surface area contributed by atoms with Crippen molar-refractivity contribution in [2.45, 2.75) is 19.9 Å². The van der Waals surface area contributed by atoms with E-state index in [1.165, 1.54) is 0 Å². The van der Waals surface area contributed by atoms with Gasteiger partial charge in [-0.3, -0.25) is 14.8 Å². The molecule has 0 aromatic carbocycles. The van der Waals surface area contributed by atoms with Crippen LogP contribution in [0, 0.1) is 0 Å². The Morgan fingerprint density at radius 1 is 1.10 bits per heavy atom. The van der Waals surface area contributed by atoms with Crippen LogP contribution >= 0.6 is 0 Å². The van der Waals surface area contributed by atoms with Crippen LogP contribution in [-0.4, -0.2) is 56.1 Å². The number of rotatable bonds is 5. The first-order valence-electron chi connectivity index (χ1n) is 10.1. The molecule has 1 fully saturated rings. The van der Waals surface area contributed by atoms with Gasteiger partial charge in [-0.05, 0) is 24.6 Å². The van der Waals surface area contributed by atoms with Gasteiger partial charge >= 0.3 is 0 Å². The Bertz CT molecular complexity index is 1120. The second kappa shape index (κ2) is 7.63. The van der Waals surface area contributed by atoms with E-state index in [1.807, 2.05) is 29.3 Å².